The Hall–Kier alpha value is -3.65. The Balaban J connectivity index is 1.49. The van der Waals surface area contributed by atoms with Gasteiger partial charge in [-0.25, -0.2) is 4.99 Å². The number of aliphatic imine (C=N–C) groups is 1. The molecule has 0 saturated heterocycles. The molecule has 0 spiro atoms. The van der Waals surface area contributed by atoms with Crippen molar-refractivity contribution < 1.29 is 19.4 Å². The van der Waals surface area contributed by atoms with E-state index in [9.17, 15) is 4.79 Å². The zero-order valence-corrected chi connectivity index (χ0v) is 25.4. The van der Waals surface area contributed by atoms with Crippen LogP contribution < -0.4 is 10.1 Å². The van der Waals surface area contributed by atoms with Gasteiger partial charge in [0.2, 0.25) is 5.90 Å². The predicted octanol–water partition coefficient (Wildman–Crippen LogP) is 6.72. The van der Waals surface area contributed by atoms with Gasteiger partial charge in [-0.2, -0.15) is 0 Å². The predicted molar refractivity (Wildman–Crippen MR) is 169 cm³/mol. The van der Waals surface area contributed by atoms with Crippen LogP contribution in [0.25, 0.3) is 0 Å². The Labute approximate surface area is 259 Å². The van der Waals surface area contributed by atoms with Crippen LogP contribution in [-0.2, 0) is 22.4 Å². The molecular weight excluding hydrogens is 616 g/mol. The lowest BCUT2D eigenvalue weighted by Gasteiger charge is -2.31. The number of carbonyl (C=O) groups excluding carboxylic acids is 1. The van der Waals surface area contributed by atoms with Crippen molar-refractivity contribution in [2.24, 2.45) is 4.99 Å². The molecule has 0 radical (unpaired) electrons. The molecule has 1 aliphatic rings. The fourth-order valence-electron chi connectivity index (χ4n) is 4.95. The summed E-state index contributed by atoms with van der Waals surface area (Å²) in [5.74, 6) is 0.881. The van der Waals surface area contributed by atoms with Gasteiger partial charge < -0.3 is 19.9 Å². The van der Waals surface area contributed by atoms with Crippen LogP contribution in [0.1, 0.15) is 34.8 Å². The maximum Gasteiger partial charge on any atom is 0.252 e. The molecule has 0 aromatic heterocycles. The van der Waals surface area contributed by atoms with Crippen LogP contribution in [-0.4, -0.2) is 42.2 Å². The standard InChI is InChI=1S/C34H32BrClN2O4/c35-28-13-9-26(10-14-28)31-34(23-25-5-2-1-3-6-25,33(40)37-20-19-24-7-15-29(36)16-8-24)38-32(42-31)27-11-17-30(18-12-27)41-22-4-21-39/h1-3,5-18,31,39H,4,19-23H2,(H,37,40)/t31-,34-/m1/s1. The minimum atomic E-state index is -1.25. The first kappa shape index (κ1) is 29.8. The van der Waals surface area contributed by atoms with E-state index in [1.165, 1.54) is 0 Å². The molecule has 2 N–H and O–H groups in total. The average Bonchev–Trinajstić information content (AvgIpc) is 3.40. The monoisotopic (exact) mass is 646 g/mol. The molecular formula is C34H32BrClN2O4. The summed E-state index contributed by atoms with van der Waals surface area (Å²) in [6.07, 6.45) is 0.911. The molecule has 0 fully saturated rings. The van der Waals surface area contributed by atoms with Crippen molar-refractivity contribution >= 4 is 39.3 Å². The second-order valence-corrected chi connectivity index (χ2v) is 11.5. The number of carbonyl (C=O) groups is 1. The highest BCUT2D eigenvalue weighted by Crippen LogP contribution is 2.42. The van der Waals surface area contributed by atoms with Gasteiger partial charge in [-0.05, 0) is 71.6 Å². The first-order valence-electron chi connectivity index (χ1n) is 13.9. The number of hydrogen-bond donors (Lipinski definition) is 2. The van der Waals surface area contributed by atoms with Crippen LogP contribution >= 0.6 is 27.5 Å². The lowest BCUT2D eigenvalue weighted by molar-refractivity contribution is -0.128. The molecule has 4 aromatic carbocycles. The summed E-state index contributed by atoms with van der Waals surface area (Å²) in [7, 11) is 0. The van der Waals surface area contributed by atoms with E-state index in [1.807, 2.05) is 103 Å². The number of rotatable bonds is 12. The van der Waals surface area contributed by atoms with Gasteiger partial charge in [0.1, 0.15) is 5.75 Å². The molecule has 0 aliphatic carbocycles. The van der Waals surface area contributed by atoms with Gasteiger partial charge in [-0.1, -0.05) is 82.1 Å². The van der Waals surface area contributed by atoms with E-state index in [0.717, 1.165) is 26.7 Å². The van der Waals surface area contributed by atoms with E-state index < -0.39 is 11.6 Å². The Bertz CT molecular complexity index is 1500. The van der Waals surface area contributed by atoms with Crippen molar-refractivity contribution in [3.63, 3.8) is 0 Å². The van der Waals surface area contributed by atoms with Crippen molar-refractivity contribution in [3.8, 4) is 5.75 Å². The Morgan fingerprint density at radius 3 is 2.36 bits per heavy atom. The normalized spacial score (nSPS) is 17.8. The van der Waals surface area contributed by atoms with Gasteiger partial charge >= 0.3 is 0 Å². The van der Waals surface area contributed by atoms with Crippen molar-refractivity contribution in [1.82, 2.24) is 5.32 Å². The van der Waals surface area contributed by atoms with Gasteiger partial charge in [0.15, 0.2) is 11.6 Å². The van der Waals surface area contributed by atoms with E-state index in [4.69, 9.17) is 31.2 Å². The third kappa shape index (κ3) is 7.21. The summed E-state index contributed by atoms with van der Waals surface area (Å²) in [4.78, 5) is 19.4. The van der Waals surface area contributed by atoms with E-state index in [0.29, 0.717) is 49.1 Å². The van der Waals surface area contributed by atoms with Crippen molar-refractivity contribution in [2.75, 3.05) is 19.8 Å². The Morgan fingerprint density at radius 2 is 1.67 bits per heavy atom. The summed E-state index contributed by atoms with van der Waals surface area (Å²) >= 11 is 9.57. The number of nitrogens with zero attached hydrogens (tertiary/aromatic N) is 1. The van der Waals surface area contributed by atoms with Crippen LogP contribution in [0.3, 0.4) is 0 Å². The maximum atomic E-state index is 14.3. The number of nitrogens with one attached hydrogen (secondary N) is 1. The second-order valence-electron chi connectivity index (χ2n) is 10.1. The molecule has 0 unspecified atom stereocenters. The minimum Gasteiger partial charge on any atom is -0.494 e. The first-order chi connectivity index (χ1) is 20.5. The number of aliphatic hydroxyl groups is 1. The number of amides is 1. The minimum absolute atomic E-state index is 0.0748. The summed E-state index contributed by atoms with van der Waals surface area (Å²) in [6.45, 7) is 0.940. The smallest absolute Gasteiger partial charge is 0.252 e. The summed E-state index contributed by atoms with van der Waals surface area (Å²) in [5, 5.41) is 12.9. The molecule has 1 amide bonds. The molecule has 0 bridgehead atoms. The summed E-state index contributed by atoms with van der Waals surface area (Å²) in [6, 6.07) is 32.8. The van der Waals surface area contributed by atoms with E-state index in [1.54, 1.807) is 0 Å². The molecule has 2 atom stereocenters. The highest BCUT2D eigenvalue weighted by Gasteiger charge is 2.53. The van der Waals surface area contributed by atoms with Crippen molar-refractivity contribution in [3.05, 3.63) is 135 Å². The summed E-state index contributed by atoms with van der Waals surface area (Å²) in [5.41, 5.74) is 2.41. The molecule has 0 saturated carbocycles. The first-order valence-corrected chi connectivity index (χ1v) is 15.1. The second kappa shape index (κ2) is 14.0. The number of benzene rings is 4. The van der Waals surface area contributed by atoms with Crippen LogP contribution in [0.15, 0.2) is 113 Å². The Morgan fingerprint density at radius 1 is 0.952 bits per heavy atom. The van der Waals surface area contributed by atoms with E-state index in [2.05, 4.69) is 21.2 Å². The molecule has 1 aliphatic heterocycles. The third-order valence-corrected chi connectivity index (χ3v) is 7.91. The van der Waals surface area contributed by atoms with Crippen LogP contribution in [0.5, 0.6) is 5.75 Å². The molecule has 4 aromatic rings. The molecule has 42 heavy (non-hydrogen) atoms. The van der Waals surface area contributed by atoms with Gasteiger partial charge in [-0.3, -0.25) is 4.79 Å². The zero-order chi connectivity index (χ0) is 29.4. The average molecular weight is 648 g/mol. The quantitative estimate of drug-likeness (QED) is 0.167. The third-order valence-electron chi connectivity index (χ3n) is 7.13. The topological polar surface area (TPSA) is 80.2 Å². The van der Waals surface area contributed by atoms with Gasteiger partial charge in [-0.15, -0.1) is 0 Å². The van der Waals surface area contributed by atoms with E-state index >= 15 is 0 Å². The van der Waals surface area contributed by atoms with Crippen LogP contribution in [0.2, 0.25) is 5.02 Å². The van der Waals surface area contributed by atoms with Crippen molar-refractivity contribution in [1.29, 1.82) is 0 Å². The lowest BCUT2D eigenvalue weighted by atomic mass is 9.82. The number of halogens is 2. The van der Waals surface area contributed by atoms with Crippen LogP contribution in [0.4, 0.5) is 0 Å². The van der Waals surface area contributed by atoms with Gasteiger partial charge in [0.05, 0.1) is 6.61 Å². The molecule has 5 rings (SSSR count). The molecule has 1 heterocycles. The van der Waals surface area contributed by atoms with Crippen LogP contribution in [0, 0.1) is 0 Å². The number of aliphatic hydroxyl groups excluding tert-OH is 1. The molecule has 6 nitrogen and oxygen atoms in total. The lowest BCUT2D eigenvalue weighted by Crippen LogP contribution is -2.50. The largest absolute Gasteiger partial charge is 0.494 e. The number of hydrogen-bond acceptors (Lipinski definition) is 5. The number of ether oxygens (including phenoxy) is 2. The fraction of sp³-hybridized carbons (Fsp3) is 0.235. The van der Waals surface area contributed by atoms with Gasteiger partial charge in [0.25, 0.3) is 5.91 Å². The zero-order valence-electron chi connectivity index (χ0n) is 23.0. The Kier molecular flexibility index (Phi) is 9.95. The van der Waals surface area contributed by atoms with Crippen molar-refractivity contribution in [2.45, 2.75) is 30.9 Å². The maximum absolute atomic E-state index is 14.3. The SMILES string of the molecule is O=C(NCCc1ccc(Cl)cc1)[C@]1(Cc2ccccc2)N=C(c2ccc(OCCCO)cc2)O[C@@H]1c1ccc(Br)cc1. The highest BCUT2D eigenvalue weighted by atomic mass is 79.9. The molecule has 8 heteroatoms. The van der Waals surface area contributed by atoms with E-state index in [-0.39, 0.29) is 12.5 Å². The highest BCUT2D eigenvalue weighted by molar-refractivity contribution is 9.10. The summed E-state index contributed by atoms with van der Waals surface area (Å²) < 4.78 is 13.2. The van der Waals surface area contributed by atoms with Gasteiger partial charge in [0, 0.05) is 41.1 Å². The fourth-order valence-corrected chi connectivity index (χ4v) is 5.34. The molecule has 216 valence electrons.